The third kappa shape index (κ3) is 1.95. The van der Waals surface area contributed by atoms with Gasteiger partial charge in [-0.25, -0.2) is 9.67 Å². The molecule has 78 valence electrons. The SMILES string of the molecule is CCc1cc(C)n(-c2ncccc2Br)n1. The van der Waals surface area contributed by atoms with E-state index in [1.807, 2.05) is 23.7 Å². The smallest absolute Gasteiger partial charge is 0.167 e. The Kier molecular flexibility index (Phi) is 2.86. The predicted molar refractivity (Wildman–Crippen MR) is 63.2 cm³/mol. The third-order valence-electron chi connectivity index (χ3n) is 2.24. The highest BCUT2D eigenvalue weighted by Crippen LogP contribution is 2.19. The molecule has 0 aliphatic heterocycles. The fourth-order valence-corrected chi connectivity index (χ4v) is 1.88. The summed E-state index contributed by atoms with van der Waals surface area (Å²) < 4.78 is 2.82. The Hall–Kier alpha value is -1.16. The average molecular weight is 266 g/mol. The van der Waals surface area contributed by atoms with Gasteiger partial charge in [0.15, 0.2) is 5.82 Å². The van der Waals surface area contributed by atoms with Crippen LogP contribution in [0.4, 0.5) is 0 Å². The van der Waals surface area contributed by atoms with Gasteiger partial charge >= 0.3 is 0 Å². The Bertz CT molecular complexity index is 476. The van der Waals surface area contributed by atoms with Crippen LogP contribution in [-0.4, -0.2) is 14.8 Å². The van der Waals surface area contributed by atoms with Crippen molar-refractivity contribution in [1.82, 2.24) is 14.8 Å². The Morgan fingerprint density at radius 2 is 2.27 bits per heavy atom. The summed E-state index contributed by atoms with van der Waals surface area (Å²) in [5.41, 5.74) is 2.19. The van der Waals surface area contributed by atoms with E-state index in [4.69, 9.17) is 0 Å². The van der Waals surface area contributed by atoms with Gasteiger partial charge in [-0.05, 0) is 47.5 Å². The van der Waals surface area contributed by atoms with Gasteiger partial charge in [-0.2, -0.15) is 5.10 Å². The van der Waals surface area contributed by atoms with Gasteiger partial charge in [0.2, 0.25) is 0 Å². The maximum atomic E-state index is 4.48. The molecule has 2 aromatic rings. The number of halogens is 1. The lowest BCUT2D eigenvalue weighted by Gasteiger charge is -2.04. The van der Waals surface area contributed by atoms with Gasteiger partial charge in [0.1, 0.15) is 0 Å². The molecule has 0 amide bonds. The molecule has 0 saturated carbocycles. The number of rotatable bonds is 2. The highest BCUT2D eigenvalue weighted by molar-refractivity contribution is 9.10. The summed E-state index contributed by atoms with van der Waals surface area (Å²) in [6.07, 6.45) is 2.71. The molecule has 4 heteroatoms. The molecule has 15 heavy (non-hydrogen) atoms. The van der Waals surface area contributed by atoms with Gasteiger partial charge in [0.25, 0.3) is 0 Å². The van der Waals surface area contributed by atoms with Gasteiger partial charge in [-0.3, -0.25) is 0 Å². The number of hydrogen-bond donors (Lipinski definition) is 0. The number of pyridine rings is 1. The first-order valence-corrected chi connectivity index (χ1v) is 5.68. The zero-order valence-electron chi connectivity index (χ0n) is 8.74. The topological polar surface area (TPSA) is 30.7 Å². The summed E-state index contributed by atoms with van der Waals surface area (Å²) in [7, 11) is 0. The van der Waals surface area contributed by atoms with Crippen molar-refractivity contribution in [2.75, 3.05) is 0 Å². The van der Waals surface area contributed by atoms with Crippen LogP contribution >= 0.6 is 15.9 Å². The standard InChI is InChI=1S/C11H12BrN3/c1-3-9-7-8(2)15(14-9)11-10(12)5-4-6-13-11/h4-7H,3H2,1-2H3. The quantitative estimate of drug-likeness (QED) is 0.836. The van der Waals surface area contributed by atoms with Crippen molar-refractivity contribution in [3.8, 4) is 5.82 Å². The van der Waals surface area contributed by atoms with Crippen molar-refractivity contribution in [3.63, 3.8) is 0 Å². The average Bonchev–Trinajstić information content (AvgIpc) is 2.60. The maximum absolute atomic E-state index is 4.48. The largest absolute Gasteiger partial charge is 0.236 e. The molecule has 0 atom stereocenters. The van der Waals surface area contributed by atoms with Crippen LogP contribution < -0.4 is 0 Å². The lowest BCUT2D eigenvalue weighted by molar-refractivity contribution is 0.790. The van der Waals surface area contributed by atoms with Crippen LogP contribution in [0.2, 0.25) is 0 Å². The number of hydrogen-bond acceptors (Lipinski definition) is 2. The number of nitrogens with zero attached hydrogens (tertiary/aromatic N) is 3. The van der Waals surface area contributed by atoms with E-state index in [-0.39, 0.29) is 0 Å². The molecular weight excluding hydrogens is 254 g/mol. The fourth-order valence-electron chi connectivity index (χ4n) is 1.46. The molecule has 2 rings (SSSR count). The van der Waals surface area contributed by atoms with E-state index in [0.717, 1.165) is 28.1 Å². The van der Waals surface area contributed by atoms with Crippen molar-refractivity contribution in [1.29, 1.82) is 0 Å². The second-order valence-electron chi connectivity index (χ2n) is 3.35. The van der Waals surface area contributed by atoms with E-state index in [9.17, 15) is 0 Å². The summed E-state index contributed by atoms with van der Waals surface area (Å²) in [6, 6.07) is 5.95. The Morgan fingerprint density at radius 3 is 2.87 bits per heavy atom. The van der Waals surface area contributed by atoms with Crippen molar-refractivity contribution in [2.24, 2.45) is 0 Å². The fraction of sp³-hybridized carbons (Fsp3) is 0.273. The molecule has 0 saturated heterocycles. The molecule has 2 heterocycles. The van der Waals surface area contributed by atoms with Crippen LogP contribution in [0.1, 0.15) is 18.3 Å². The van der Waals surface area contributed by atoms with Crippen LogP contribution in [-0.2, 0) is 6.42 Å². The van der Waals surface area contributed by atoms with E-state index in [1.165, 1.54) is 0 Å². The maximum Gasteiger partial charge on any atom is 0.167 e. The molecule has 0 unspecified atom stereocenters. The number of aromatic nitrogens is 3. The predicted octanol–water partition coefficient (Wildman–Crippen LogP) is 2.90. The van der Waals surface area contributed by atoms with E-state index in [0.29, 0.717) is 0 Å². The minimum Gasteiger partial charge on any atom is -0.236 e. The zero-order valence-corrected chi connectivity index (χ0v) is 10.3. The van der Waals surface area contributed by atoms with Crippen LogP contribution in [0.15, 0.2) is 28.9 Å². The van der Waals surface area contributed by atoms with Crippen molar-refractivity contribution in [2.45, 2.75) is 20.3 Å². The van der Waals surface area contributed by atoms with Gasteiger partial charge in [0.05, 0.1) is 10.2 Å². The highest BCUT2D eigenvalue weighted by atomic mass is 79.9. The Morgan fingerprint density at radius 1 is 1.47 bits per heavy atom. The van der Waals surface area contributed by atoms with E-state index in [2.05, 4.69) is 39.0 Å². The van der Waals surface area contributed by atoms with Gasteiger partial charge in [-0.1, -0.05) is 6.92 Å². The van der Waals surface area contributed by atoms with E-state index >= 15 is 0 Å². The Balaban J connectivity index is 2.54. The molecular formula is C11H12BrN3. The second-order valence-corrected chi connectivity index (χ2v) is 4.21. The normalized spacial score (nSPS) is 10.6. The van der Waals surface area contributed by atoms with E-state index in [1.54, 1.807) is 6.20 Å². The van der Waals surface area contributed by atoms with E-state index < -0.39 is 0 Å². The molecule has 0 bridgehead atoms. The molecule has 0 spiro atoms. The summed E-state index contributed by atoms with van der Waals surface area (Å²) in [4.78, 5) is 4.31. The minimum absolute atomic E-state index is 0.842. The first-order valence-electron chi connectivity index (χ1n) is 4.88. The van der Waals surface area contributed by atoms with Gasteiger partial charge < -0.3 is 0 Å². The molecule has 0 N–H and O–H groups in total. The first kappa shape index (κ1) is 10.4. The lowest BCUT2D eigenvalue weighted by Crippen LogP contribution is -2.02. The second kappa shape index (κ2) is 4.14. The molecule has 0 aliphatic carbocycles. The van der Waals surface area contributed by atoms with Crippen LogP contribution in [0.3, 0.4) is 0 Å². The summed E-state index contributed by atoms with van der Waals surface area (Å²) >= 11 is 3.47. The van der Waals surface area contributed by atoms with Crippen LogP contribution in [0, 0.1) is 6.92 Å². The van der Waals surface area contributed by atoms with Gasteiger partial charge in [-0.15, -0.1) is 0 Å². The molecule has 0 radical (unpaired) electrons. The van der Waals surface area contributed by atoms with Gasteiger partial charge in [0, 0.05) is 11.9 Å². The monoisotopic (exact) mass is 265 g/mol. The summed E-state index contributed by atoms with van der Waals surface area (Å²) in [6.45, 7) is 4.13. The molecule has 0 aromatic carbocycles. The summed E-state index contributed by atoms with van der Waals surface area (Å²) in [5.74, 6) is 0.842. The van der Waals surface area contributed by atoms with Crippen LogP contribution in [0.25, 0.3) is 5.82 Å². The molecule has 0 fully saturated rings. The Labute approximate surface area is 97.3 Å². The van der Waals surface area contributed by atoms with Crippen molar-refractivity contribution in [3.05, 3.63) is 40.3 Å². The van der Waals surface area contributed by atoms with Crippen molar-refractivity contribution >= 4 is 15.9 Å². The lowest BCUT2D eigenvalue weighted by atomic mass is 10.3. The van der Waals surface area contributed by atoms with Crippen molar-refractivity contribution < 1.29 is 0 Å². The molecule has 3 nitrogen and oxygen atoms in total. The first-order chi connectivity index (χ1) is 7.22. The van der Waals surface area contributed by atoms with Crippen LogP contribution in [0.5, 0.6) is 0 Å². The number of aryl methyl sites for hydroxylation is 2. The molecule has 2 aromatic heterocycles. The minimum atomic E-state index is 0.842. The highest BCUT2D eigenvalue weighted by Gasteiger charge is 2.08. The zero-order chi connectivity index (χ0) is 10.8. The molecule has 0 aliphatic rings. The summed E-state index contributed by atoms with van der Waals surface area (Å²) in [5, 5.41) is 4.48. The third-order valence-corrected chi connectivity index (χ3v) is 2.86.